The van der Waals surface area contributed by atoms with Gasteiger partial charge >= 0.3 is 0 Å². The molecule has 13 heavy (non-hydrogen) atoms. The van der Waals surface area contributed by atoms with E-state index in [1.807, 2.05) is 0 Å². The fourth-order valence-corrected chi connectivity index (χ4v) is 3.63. The lowest BCUT2D eigenvalue weighted by Crippen LogP contribution is -1.82. The molecule has 0 amide bonds. The molecular weight excluding hydrogens is 454 g/mol. The van der Waals surface area contributed by atoms with Gasteiger partial charge in [0.2, 0.25) is 0 Å². The Hall–Kier alpha value is 0.640. The molecule has 0 nitrogen and oxygen atoms in total. The van der Waals surface area contributed by atoms with Gasteiger partial charge in [0, 0.05) is 17.0 Å². The van der Waals surface area contributed by atoms with Crippen LogP contribution in [0.3, 0.4) is 0 Å². The normalized spacial score (nSPS) is 10.7. The van der Waals surface area contributed by atoms with Gasteiger partial charge in [0.1, 0.15) is 0 Å². The summed E-state index contributed by atoms with van der Waals surface area (Å²) in [5.74, 6) is 0. The van der Waals surface area contributed by atoms with E-state index in [0.29, 0.717) is 0 Å². The molecule has 2 aromatic carbocycles. The average molecular weight is 459 g/mol. The highest BCUT2D eigenvalue weighted by Gasteiger charge is 2.04. The van der Waals surface area contributed by atoms with Gasteiger partial charge in [-0.05, 0) is 68.8 Å². The highest BCUT2D eigenvalue weighted by atomic mass is 127. The second-order valence-electron chi connectivity index (χ2n) is 2.69. The fourth-order valence-electron chi connectivity index (χ4n) is 1.29. The summed E-state index contributed by atoms with van der Waals surface area (Å²) in [7, 11) is 0. The molecule has 0 N–H and O–H groups in total. The first-order valence-electron chi connectivity index (χ1n) is 3.72. The van der Waals surface area contributed by atoms with Crippen molar-refractivity contribution in [3.63, 3.8) is 0 Å². The Morgan fingerprint density at radius 2 is 1.69 bits per heavy atom. The van der Waals surface area contributed by atoms with E-state index >= 15 is 0 Å². The van der Waals surface area contributed by atoms with Crippen LogP contribution >= 0.6 is 61.1 Å². The van der Waals surface area contributed by atoms with Crippen LogP contribution in [0.5, 0.6) is 0 Å². The van der Waals surface area contributed by atoms with Crippen molar-refractivity contribution in [1.29, 1.82) is 0 Å². The Morgan fingerprint density at radius 1 is 0.923 bits per heavy atom. The molecule has 0 saturated heterocycles. The van der Waals surface area contributed by atoms with E-state index in [4.69, 9.17) is 0 Å². The predicted octanol–water partition coefficient (Wildman–Crippen LogP) is 4.81. The third kappa shape index (κ3) is 1.87. The molecule has 0 fully saturated rings. The maximum atomic E-state index is 3.57. The quantitative estimate of drug-likeness (QED) is 0.497. The van der Waals surface area contributed by atoms with Crippen molar-refractivity contribution < 1.29 is 0 Å². The number of benzene rings is 2. The number of rotatable bonds is 0. The van der Waals surface area contributed by atoms with E-state index in [-0.39, 0.29) is 0 Å². The maximum Gasteiger partial charge on any atom is 0.0265 e. The maximum absolute atomic E-state index is 3.57. The van der Waals surface area contributed by atoms with Crippen molar-refractivity contribution in [3.05, 3.63) is 41.9 Å². The van der Waals surface area contributed by atoms with E-state index in [0.717, 1.165) is 0 Å². The topological polar surface area (TPSA) is 0 Å². The zero-order valence-electron chi connectivity index (χ0n) is 6.52. The van der Waals surface area contributed by atoms with Crippen LogP contribution in [0.15, 0.2) is 34.8 Å². The van der Waals surface area contributed by atoms with Crippen LogP contribution in [0.2, 0.25) is 0 Å². The Labute approximate surface area is 113 Å². The van der Waals surface area contributed by atoms with Crippen LogP contribution in [0, 0.1) is 7.14 Å². The van der Waals surface area contributed by atoms with Crippen molar-refractivity contribution in [2.45, 2.75) is 0 Å². The lowest BCUT2D eigenvalue weighted by Gasteiger charge is -2.04. The summed E-state index contributed by atoms with van der Waals surface area (Å²) in [5.41, 5.74) is 0. The van der Waals surface area contributed by atoms with E-state index < -0.39 is 0 Å². The molecule has 2 aromatic rings. The fraction of sp³-hybridized carbons (Fsp3) is 0. The van der Waals surface area contributed by atoms with Crippen LogP contribution in [-0.2, 0) is 0 Å². The summed E-state index contributed by atoms with van der Waals surface area (Å²) in [5, 5.41) is 2.64. The predicted molar refractivity (Wildman–Crippen MR) is 77.1 cm³/mol. The molecule has 0 aliphatic carbocycles. The molecule has 0 aliphatic rings. The number of hydrogen-bond acceptors (Lipinski definition) is 0. The highest BCUT2D eigenvalue weighted by Crippen LogP contribution is 2.31. The van der Waals surface area contributed by atoms with Gasteiger partial charge in [-0.3, -0.25) is 0 Å². The van der Waals surface area contributed by atoms with Gasteiger partial charge in [-0.25, -0.2) is 0 Å². The van der Waals surface area contributed by atoms with E-state index in [2.05, 4.69) is 91.4 Å². The first-order valence-corrected chi connectivity index (χ1v) is 6.67. The molecule has 0 unspecified atom stereocenters. The van der Waals surface area contributed by atoms with E-state index in [1.54, 1.807) is 0 Å². The summed E-state index contributed by atoms with van der Waals surface area (Å²) in [6.07, 6.45) is 0. The Morgan fingerprint density at radius 3 is 2.38 bits per heavy atom. The molecule has 3 heteroatoms. The van der Waals surface area contributed by atoms with Crippen molar-refractivity contribution >= 4 is 71.9 Å². The molecule has 0 spiro atoms. The van der Waals surface area contributed by atoms with Crippen molar-refractivity contribution in [1.82, 2.24) is 0 Å². The largest absolute Gasteiger partial charge is 0.0605 e. The third-order valence-electron chi connectivity index (χ3n) is 1.89. The monoisotopic (exact) mass is 458 g/mol. The number of hydrogen-bond donors (Lipinski definition) is 0. The Balaban J connectivity index is 3.00. The third-order valence-corrected chi connectivity index (χ3v) is 4.39. The minimum Gasteiger partial charge on any atom is -0.0605 e. The zero-order valence-corrected chi connectivity index (χ0v) is 12.4. The molecule has 0 heterocycles. The summed E-state index contributed by atoms with van der Waals surface area (Å²) in [6, 6.07) is 10.6. The minimum absolute atomic E-state index is 1.17. The second-order valence-corrected chi connectivity index (χ2v) is 5.87. The molecule has 66 valence electrons. The van der Waals surface area contributed by atoms with Crippen molar-refractivity contribution in [3.8, 4) is 0 Å². The molecule has 0 radical (unpaired) electrons. The Kier molecular flexibility index (Phi) is 3.14. The number of halogens is 3. The molecule has 0 aliphatic heterocycles. The SMILES string of the molecule is Brc1ccc(I)c2cccc(I)c12. The van der Waals surface area contributed by atoms with Crippen molar-refractivity contribution in [2.75, 3.05) is 0 Å². The summed E-state index contributed by atoms with van der Waals surface area (Å²) in [6.45, 7) is 0. The van der Waals surface area contributed by atoms with Crippen LogP contribution in [0.4, 0.5) is 0 Å². The highest BCUT2D eigenvalue weighted by molar-refractivity contribution is 14.1. The molecule has 0 atom stereocenters. The van der Waals surface area contributed by atoms with Crippen LogP contribution in [0.1, 0.15) is 0 Å². The average Bonchev–Trinajstić information content (AvgIpc) is 2.12. The molecule has 0 bridgehead atoms. The first kappa shape index (κ1) is 10.2. The smallest absolute Gasteiger partial charge is 0.0265 e. The van der Waals surface area contributed by atoms with Gasteiger partial charge in [-0.15, -0.1) is 0 Å². The minimum atomic E-state index is 1.17. The van der Waals surface area contributed by atoms with Gasteiger partial charge in [-0.1, -0.05) is 28.1 Å². The zero-order chi connectivity index (χ0) is 9.42. The number of fused-ring (bicyclic) bond motifs is 1. The van der Waals surface area contributed by atoms with Crippen LogP contribution in [0.25, 0.3) is 10.8 Å². The summed E-state index contributed by atoms with van der Waals surface area (Å²) >= 11 is 8.31. The standard InChI is InChI=1S/C10H5BrI2/c11-7-4-5-8(12)6-2-1-3-9(13)10(6)7/h1-5H. The molecule has 2 rings (SSSR count). The Bertz CT molecular complexity index is 457. The van der Waals surface area contributed by atoms with Gasteiger partial charge in [0.15, 0.2) is 0 Å². The van der Waals surface area contributed by atoms with Gasteiger partial charge in [0.05, 0.1) is 0 Å². The van der Waals surface area contributed by atoms with Gasteiger partial charge < -0.3 is 0 Å². The first-order chi connectivity index (χ1) is 6.20. The van der Waals surface area contributed by atoms with Gasteiger partial charge in [-0.2, -0.15) is 0 Å². The molecule has 0 saturated carbocycles. The van der Waals surface area contributed by atoms with Crippen LogP contribution in [-0.4, -0.2) is 0 Å². The van der Waals surface area contributed by atoms with Crippen molar-refractivity contribution in [2.24, 2.45) is 0 Å². The van der Waals surface area contributed by atoms with Crippen LogP contribution < -0.4 is 0 Å². The lowest BCUT2D eigenvalue weighted by atomic mass is 10.1. The summed E-state index contributed by atoms with van der Waals surface area (Å²) < 4.78 is 3.77. The van der Waals surface area contributed by atoms with E-state index in [9.17, 15) is 0 Å². The summed E-state index contributed by atoms with van der Waals surface area (Å²) in [4.78, 5) is 0. The lowest BCUT2D eigenvalue weighted by molar-refractivity contribution is 1.64. The molecule has 0 aromatic heterocycles. The molecular formula is C10H5BrI2. The second kappa shape index (κ2) is 4.02. The van der Waals surface area contributed by atoms with E-state index in [1.165, 1.54) is 22.4 Å². The van der Waals surface area contributed by atoms with Gasteiger partial charge in [0.25, 0.3) is 0 Å².